The molecule has 4 aromatic rings. The fourth-order valence-corrected chi connectivity index (χ4v) is 3.11. The molecule has 1 N–H and O–H groups in total. The lowest BCUT2D eigenvalue weighted by Crippen LogP contribution is -2.14. The van der Waals surface area contributed by atoms with Crippen molar-refractivity contribution in [2.45, 2.75) is 20.0 Å². The largest absolute Gasteiger partial charge is 0.416 e. The van der Waals surface area contributed by atoms with Crippen LogP contribution in [0, 0.1) is 19.7 Å². The molecule has 0 aliphatic rings. The van der Waals surface area contributed by atoms with Crippen molar-refractivity contribution in [3.63, 3.8) is 0 Å². The van der Waals surface area contributed by atoms with Crippen molar-refractivity contribution in [1.82, 2.24) is 30.0 Å². The first-order valence-electron chi connectivity index (χ1n) is 9.23. The first-order valence-corrected chi connectivity index (χ1v) is 9.23. The van der Waals surface area contributed by atoms with Gasteiger partial charge in [0.2, 0.25) is 0 Å². The molecule has 0 atom stereocenters. The summed E-state index contributed by atoms with van der Waals surface area (Å²) in [5.41, 5.74) is 0.129. The van der Waals surface area contributed by atoms with Gasteiger partial charge in [0.1, 0.15) is 11.5 Å². The molecule has 8 nitrogen and oxygen atoms in total. The molecule has 0 saturated carbocycles. The SMILES string of the molecule is Cc1nnnn1-c1cc(NC(=O)c2cnn(-c3cccc(C(F)(F)F)c3)c2C)ccc1F. The topological polar surface area (TPSA) is 90.5 Å². The third-order valence-corrected chi connectivity index (χ3v) is 4.73. The highest BCUT2D eigenvalue weighted by Gasteiger charge is 2.30. The van der Waals surface area contributed by atoms with Gasteiger partial charge in [-0.3, -0.25) is 4.79 Å². The molecule has 0 radical (unpaired) electrons. The number of aryl methyl sites for hydroxylation is 1. The molecule has 32 heavy (non-hydrogen) atoms. The molecule has 0 bridgehead atoms. The number of alkyl halides is 3. The lowest BCUT2D eigenvalue weighted by atomic mass is 10.2. The molecule has 164 valence electrons. The predicted molar refractivity (Wildman–Crippen MR) is 105 cm³/mol. The van der Waals surface area contributed by atoms with Crippen LogP contribution in [-0.2, 0) is 6.18 Å². The van der Waals surface area contributed by atoms with Gasteiger partial charge in [-0.2, -0.15) is 23.0 Å². The Labute approximate surface area is 178 Å². The van der Waals surface area contributed by atoms with Crippen molar-refractivity contribution < 1.29 is 22.4 Å². The minimum absolute atomic E-state index is 0.0432. The van der Waals surface area contributed by atoms with Crippen LogP contribution in [0.2, 0.25) is 0 Å². The van der Waals surface area contributed by atoms with Crippen LogP contribution in [0.25, 0.3) is 11.4 Å². The number of halogens is 4. The zero-order chi connectivity index (χ0) is 23.0. The van der Waals surface area contributed by atoms with Crippen LogP contribution in [0.15, 0.2) is 48.7 Å². The van der Waals surface area contributed by atoms with E-state index in [1.54, 1.807) is 13.8 Å². The lowest BCUT2D eigenvalue weighted by Gasteiger charge is -2.11. The molecule has 0 aliphatic carbocycles. The van der Waals surface area contributed by atoms with E-state index >= 15 is 0 Å². The second kappa shape index (κ2) is 7.87. The van der Waals surface area contributed by atoms with Gasteiger partial charge in [-0.25, -0.2) is 9.07 Å². The number of nitrogens with one attached hydrogen (secondary N) is 1. The maximum Gasteiger partial charge on any atom is 0.416 e. The Hall–Kier alpha value is -4.09. The molecule has 0 unspecified atom stereocenters. The third kappa shape index (κ3) is 3.94. The van der Waals surface area contributed by atoms with E-state index in [1.165, 1.54) is 39.8 Å². The highest BCUT2D eigenvalue weighted by Crippen LogP contribution is 2.30. The van der Waals surface area contributed by atoms with Crippen molar-refractivity contribution in [2.24, 2.45) is 0 Å². The van der Waals surface area contributed by atoms with Gasteiger partial charge in [-0.05, 0) is 60.7 Å². The van der Waals surface area contributed by atoms with Crippen molar-refractivity contribution >= 4 is 11.6 Å². The second-order valence-electron chi connectivity index (χ2n) is 6.86. The summed E-state index contributed by atoms with van der Waals surface area (Å²) in [6, 6.07) is 8.51. The number of rotatable bonds is 4. The molecule has 1 amide bonds. The maximum atomic E-state index is 14.2. The number of hydrogen-bond donors (Lipinski definition) is 1. The number of aromatic nitrogens is 6. The second-order valence-corrected chi connectivity index (χ2v) is 6.86. The summed E-state index contributed by atoms with van der Waals surface area (Å²) in [6.07, 6.45) is -3.25. The quantitative estimate of drug-likeness (QED) is 0.482. The van der Waals surface area contributed by atoms with Gasteiger partial charge in [0.15, 0.2) is 5.82 Å². The Morgan fingerprint density at radius 3 is 2.53 bits per heavy atom. The summed E-state index contributed by atoms with van der Waals surface area (Å²) in [5, 5.41) is 17.6. The zero-order valence-corrected chi connectivity index (χ0v) is 16.7. The molecule has 2 heterocycles. The number of nitrogens with zero attached hydrogens (tertiary/aromatic N) is 6. The maximum absolute atomic E-state index is 14.2. The van der Waals surface area contributed by atoms with E-state index in [4.69, 9.17) is 0 Å². The van der Waals surface area contributed by atoms with Crippen molar-refractivity contribution in [2.75, 3.05) is 5.32 Å². The average molecular weight is 445 g/mol. The monoisotopic (exact) mass is 445 g/mol. The van der Waals surface area contributed by atoms with Gasteiger partial charge in [-0.15, -0.1) is 5.10 Å². The molecule has 12 heteroatoms. The molecular formula is C20H15F4N7O. The van der Waals surface area contributed by atoms with Gasteiger partial charge in [0.25, 0.3) is 5.91 Å². The van der Waals surface area contributed by atoms with E-state index in [9.17, 15) is 22.4 Å². The number of amides is 1. The Morgan fingerprint density at radius 2 is 1.84 bits per heavy atom. The van der Waals surface area contributed by atoms with Crippen LogP contribution in [0.3, 0.4) is 0 Å². The minimum atomic E-state index is -4.50. The van der Waals surface area contributed by atoms with Gasteiger partial charge in [-0.1, -0.05) is 6.07 Å². The predicted octanol–water partition coefficient (Wildman–Crippen LogP) is 3.88. The molecule has 4 rings (SSSR count). The van der Waals surface area contributed by atoms with Crippen LogP contribution < -0.4 is 5.32 Å². The van der Waals surface area contributed by atoms with Crippen LogP contribution in [0.1, 0.15) is 27.4 Å². The molecule has 0 aliphatic heterocycles. The Bertz CT molecular complexity index is 1310. The van der Waals surface area contributed by atoms with Gasteiger partial charge in [0, 0.05) is 5.69 Å². The lowest BCUT2D eigenvalue weighted by molar-refractivity contribution is -0.137. The van der Waals surface area contributed by atoms with Gasteiger partial charge < -0.3 is 5.32 Å². The van der Waals surface area contributed by atoms with E-state index in [-0.39, 0.29) is 22.6 Å². The van der Waals surface area contributed by atoms with E-state index in [0.29, 0.717) is 11.5 Å². The van der Waals surface area contributed by atoms with Gasteiger partial charge in [0.05, 0.1) is 28.7 Å². The fraction of sp³-hybridized carbons (Fsp3) is 0.150. The normalized spacial score (nSPS) is 11.6. The van der Waals surface area contributed by atoms with Crippen molar-refractivity contribution in [1.29, 1.82) is 0 Å². The summed E-state index contributed by atoms with van der Waals surface area (Å²) in [4.78, 5) is 12.8. The van der Waals surface area contributed by atoms with Crippen LogP contribution in [0.5, 0.6) is 0 Å². The van der Waals surface area contributed by atoms with E-state index in [0.717, 1.165) is 18.2 Å². The summed E-state index contributed by atoms with van der Waals surface area (Å²) in [7, 11) is 0. The highest BCUT2D eigenvalue weighted by molar-refractivity contribution is 6.05. The highest BCUT2D eigenvalue weighted by atomic mass is 19.4. The van der Waals surface area contributed by atoms with E-state index < -0.39 is 23.5 Å². The first-order chi connectivity index (χ1) is 15.1. The molecule has 0 fully saturated rings. The fourth-order valence-electron chi connectivity index (χ4n) is 3.11. The standard InChI is InChI=1S/C20H15F4N7O/c1-11-16(10-25-30(11)15-5-3-4-13(8-15)20(22,23)24)19(32)26-14-6-7-17(21)18(9-14)31-12(2)27-28-29-31/h3-10H,1-2H3,(H,26,32). The van der Waals surface area contributed by atoms with Crippen molar-refractivity contribution in [3.8, 4) is 11.4 Å². The number of anilines is 1. The van der Waals surface area contributed by atoms with Crippen molar-refractivity contribution in [3.05, 3.63) is 77.1 Å². The number of tetrazole rings is 1. The molecule has 0 spiro atoms. The smallest absolute Gasteiger partial charge is 0.322 e. The Morgan fingerprint density at radius 1 is 1.06 bits per heavy atom. The zero-order valence-electron chi connectivity index (χ0n) is 16.7. The Balaban J connectivity index is 1.61. The number of carbonyl (C=O) groups excluding carboxylic acids is 1. The Kier molecular flexibility index (Phi) is 5.20. The first kappa shape index (κ1) is 21.2. The molecule has 0 saturated heterocycles. The van der Waals surface area contributed by atoms with Crippen LogP contribution in [0.4, 0.5) is 23.2 Å². The summed E-state index contributed by atoms with van der Waals surface area (Å²) < 4.78 is 55.7. The molecular weight excluding hydrogens is 430 g/mol. The van der Waals surface area contributed by atoms with Crippen LogP contribution in [-0.4, -0.2) is 35.9 Å². The number of benzene rings is 2. The van der Waals surface area contributed by atoms with Crippen LogP contribution >= 0.6 is 0 Å². The summed E-state index contributed by atoms with van der Waals surface area (Å²) in [5.74, 6) is -0.802. The van der Waals surface area contributed by atoms with Gasteiger partial charge >= 0.3 is 6.18 Å². The average Bonchev–Trinajstić information content (AvgIpc) is 3.34. The number of hydrogen-bond acceptors (Lipinski definition) is 5. The minimum Gasteiger partial charge on any atom is -0.322 e. The molecule has 2 aromatic heterocycles. The third-order valence-electron chi connectivity index (χ3n) is 4.73. The van der Waals surface area contributed by atoms with E-state index in [1.807, 2.05) is 0 Å². The summed E-state index contributed by atoms with van der Waals surface area (Å²) in [6.45, 7) is 3.15. The number of carbonyl (C=O) groups is 1. The molecule has 2 aromatic carbocycles. The van der Waals surface area contributed by atoms with E-state index in [2.05, 4.69) is 25.9 Å². The summed E-state index contributed by atoms with van der Waals surface area (Å²) >= 11 is 0.